The lowest BCUT2D eigenvalue weighted by atomic mass is 10.1. The standard InChI is InChI=1S/C22H31N3O6/c1-22(2,3)31-21(29)25(18(20(27)28)7-5-6-10-23)19(26)11-14-13-24-17-9-8-15(30-4)12-16(14)17/h8-9,12-13,18,24H,5-7,10-11,23H2,1-4H3,(H,27,28)/t18-/m0/s1. The molecule has 0 saturated carbocycles. The number of carboxylic acid groups (broad SMARTS) is 1. The van der Waals surface area contributed by atoms with Gasteiger partial charge in [-0.05, 0) is 70.3 Å². The van der Waals surface area contributed by atoms with Crippen LogP contribution < -0.4 is 10.5 Å². The average molecular weight is 434 g/mol. The molecule has 0 aliphatic heterocycles. The van der Waals surface area contributed by atoms with Crippen molar-refractivity contribution in [3.63, 3.8) is 0 Å². The van der Waals surface area contributed by atoms with Gasteiger partial charge in [0.1, 0.15) is 17.4 Å². The predicted octanol–water partition coefficient (Wildman–Crippen LogP) is 3.06. The molecule has 170 valence electrons. The molecule has 0 aliphatic rings. The van der Waals surface area contributed by atoms with Crippen molar-refractivity contribution in [3.8, 4) is 5.75 Å². The van der Waals surface area contributed by atoms with E-state index >= 15 is 0 Å². The number of amides is 2. The Morgan fingerprint density at radius 1 is 1.23 bits per heavy atom. The highest BCUT2D eigenvalue weighted by Gasteiger charge is 2.37. The molecule has 0 aliphatic carbocycles. The summed E-state index contributed by atoms with van der Waals surface area (Å²) in [5.74, 6) is -1.30. The molecule has 1 aromatic carbocycles. The van der Waals surface area contributed by atoms with Crippen LogP contribution in [0.3, 0.4) is 0 Å². The van der Waals surface area contributed by atoms with Crippen LogP contribution in [-0.4, -0.2) is 58.3 Å². The number of aromatic nitrogens is 1. The summed E-state index contributed by atoms with van der Waals surface area (Å²) in [6.07, 6.45) is 1.66. The number of methoxy groups -OCH3 is 1. The summed E-state index contributed by atoms with van der Waals surface area (Å²) in [6.45, 7) is 5.36. The van der Waals surface area contributed by atoms with Crippen LogP contribution in [0, 0.1) is 0 Å². The molecule has 31 heavy (non-hydrogen) atoms. The third kappa shape index (κ3) is 6.45. The Hall–Kier alpha value is -3.07. The number of ether oxygens (including phenoxy) is 2. The van der Waals surface area contributed by atoms with E-state index in [1.54, 1.807) is 46.2 Å². The van der Waals surface area contributed by atoms with E-state index in [0.29, 0.717) is 30.7 Å². The highest BCUT2D eigenvalue weighted by Crippen LogP contribution is 2.25. The van der Waals surface area contributed by atoms with Gasteiger partial charge in [-0.25, -0.2) is 14.5 Å². The Morgan fingerprint density at radius 3 is 2.52 bits per heavy atom. The highest BCUT2D eigenvalue weighted by atomic mass is 16.6. The van der Waals surface area contributed by atoms with Gasteiger partial charge in [-0.2, -0.15) is 0 Å². The summed E-state index contributed by atoms with van der Waals surface area (Å²) >= 11 is 0. The van der Waals surface area contributed by atoms with E-state index in [-0.39, 0.29) is 12.8 Å². The number of rotatable bonds is 9. The predicted molar refractivity (Wildman–Crippen MR) is 116 cm³/mol. The largest absolute Gasteiger partial charge is 0.497 e. The van der Waals surface area contributed by atoms with Gasteiger partial charge in [0.05, 0.1) is 13.5 Å². The van der Waals surface area contributed by atoms with Crippen LogP contribution in [0.15, 0.2) is 24.4 Å². The van der Waals surface area contributed by atoms with E-state index in [9.17, 15) is 19.5 Å². The first kappa shape index (κ1) is 24.2. The Labute approximate surface area is 181 Å². The van der Waals surface area contributed by atoms with Crippen molar-refractivity contribution in [2.75, 3.05) is 13.7 Å². The normalized spacial score (nSPS) is 12.4. The zero-order valence-electron chi connectivity index (χ0n) is 18.4. The number of nitrogens with one attached hydrogen (secondary N) is 1. The van der Waals surface area contributed by atoms with Gasteiger partial charge in [0.25, 0.3) is 0 Å². The summed E-state index contributed by atoms with van der Waals surface area (Å²) in [5, 5.41) is 10.5. The first-order chi connectivity index (χ1) is 14.6. The Balaban J connectivity index is 2.36. The minimum Gasteiger partial charge on any atom is -0.497 e. The number of hydrogen-bond acceptors (Lipinski definition) is 6. The van der Waals surface area contributed by atoms with Crippen LogP contribution in [0.5, 0.6) is 5.75 Å². The van der Waals surface area contributed by atoms with Gasteiger partial charge in [0.2, 0.25) is 5.91 Å². The Kier molecular flexibility index (Phi) is 8.04. The van der Waals surface area contributed by atoms with Crippen LogP contribution >= 0.6 is 0 Å². The molecule has 1 atom stereocenters. The fourth-order valence-electron chi connectivity index (χ4n) is 3.24. The molecule has 0 bridgehead atoms. The van der Waals surface area contributed by atoms with Crippen LogP contribution in [0.4, 0.5) is 4.79 Å². The van der Waals surface area contributed by atoms with Gasteiger partial charge in [-0.3, -0.25) is 4.79 Å². The molecule has 0 spiro atoms. The molecule has 2 amide bonds. The van der Waals surface area contributed by atoms with Gasteiger partial charge in [-0.1, -0.05) is 0 Å². The summed E-state index contributed by atoms with van der Waals surface area (Å²) < 4.78 is 10.6. The van der Waals surface area contributed by atoms with Gasteiger partial charge >= 0.3 is 12.1 Å². The fourth-order valence-corrected chi connectivity index (χ4v) is 3.24. The molecular formula is C22H31N3O6. The molecule has 9 nitrogen and oxygen atoms in total. The molecule has 1 heterocycles. The lowest BCUT2D eigenvalue weighted by Gasteiger charge is -2.30. The monoisotopic (exact) mass is 433 g/mol. The lowest BCUT2D eigenvalue weighted by Crippen LogP contribution is -2.51. The number of carbonyl (C=O) groups excluding carboxylic acids is 2. The van der Waals surface area contributed by atoms with Crippen molar-refractivity contribution < 1.29 is 29.0 Å². The Morgan fingerprint density at radius 2 is 1.94 bits per heavy atom. The number of hydrogen-bond donors (Lipinski definition) is 3. The molecule has 1 aromatic heterocycles. The molecule has 9 heteroatoms. The molecule has 0 saturated heterocycles. The average Bonchev–Trinajstić information content (AvgIpc) is 3.07. The van der Waals surface area contributed by atoms with Crippen molar-refractivity contribution in [1.82, 2.24) is 9.88 Å². The first-order valence-corrected chi connectivity index (χ1v) is 10.2. The maximum atomic E-state index is 13.2. The molecule has 4 N–H and O–H groups in total. The topological polar surface area (TPSA) is 135 Å². The van der Waals surface area contributed by atoms with Crippen molar-refractivity contribution in [2.24, 2.45) is 5.73 Å². The summed E-state index contributed by atoms with van der Waals surface area (Å²) in [5.41, 5.74) is 6.04. The quantitative estimate of drug-likeness (QED) is 0.517. The lowest BCUT2D eigenvalue weighted by molar-refractivity contribution is -0.149. The molecule has 2 aromatic rings. The zero-order chi connectivity index (χ0) is 23.2. The highest BCUT2D eigenvalue weighted by molar-refractivity contribution is 5.99. The fraction of sp³-hybridized carbons (Fsp3) is 0.500. The third-order valence-corrected chi connectivity index (χ3v) is 4.70. The van der Waals surface area contributed by atoms with E-state index in [1.807, 2.05) is 6.07 Å². The third-order valence-electron chi connectivity index (χ3n) is 4.70. The van der Waals surface area contributed by atoms with Crippen molar-refractivity contribution >= 4 is 28.9 Å². The second-order valence-corrected chi connectivity index (χ2v) is 8.28. The van der Waals surface area contributed by atoms with Gasteiger partial charge < -0.3 is 25.3 Å². The SMILES string of the molecule is COc1ccc2[nH]cc(CC(=O)N(C(=O)OC(C)(C)C)[C@@H](CCCCN)C(=O)O)c2c1. The molecule has 0 fully saturated rings. The molecule has 0 unspecified atom stereocenters. The Bertz CT molecular complexity index is 931. The van der Waals surface area contributed by atoms with Gasteiger partial charge in [0.15, 0.2) is 0 Å². The summed E-state index contributed by atoms with van der Waals surface area (Å²) in [7, 11) is 1.54. The number of carbonyl (C=O) groups is 3. The number of nitrogens with zero attached hydrogens (tertiary/aromatic N) is 1. The zero-order valence-corrected chi connectivity index (χ0v) is 18.4. The second kappa shape index (κ2) is 10.3. The van der Waals surface area contributed by atoms with Crippen LogP contribution in [0.1, 0.15) is 45.6 Å². The first-order valence-electron chi connectivity index (χ1n) is 10.2. The number of aliphatic carboxylic acids is 1. The minimum atomic E-state index is -1.34. The van der Waals surface area contributed by atoms with Crippen LogP contribution in [0.25, 0.3) is 10.9 Å². The van der Waals surface area contributed by atoms with Crippen molar-refractivity contribution in [1.29, 1.82) is 0 Å². The number of imide groups is 1. The molecule has 0 radical (unpaired) electrons. The number of aromatic amines is 1. The number of unbranched alkanes of at least 4 members (excludes halogenated alkanes) is 1. The van der Waals surface area contributed by atoms with Crippen molar-refractivity contribution in [2.45, 2.75) is 58.1 Å². The molecular weight excluding hydrogens is 402 g/mol. The summed E-state index contributed by atoms with van der Waals surface area (Å²) in [4.78, 5) is 41.8. The second-order valence-electron chi connectivity index (χ2n) is 8.28. The maximum absolute atomic E-state index is 13.2. The molecule has 2 rings (SSSR count). The van der Waals surface area contributed by atoms with Crippen molar-refractivity contribution in [3.05, 3.63) is 30.0 Å². The van der Waals surface area contributed by atoms with E-state index in [0.717, 1.165) is 15.8 Å². The number of fused-ring (bicyclic) bond motifs is 1. The van der Waals surface area contributed by atoms with Gasteiger partial charge in [0, 0.05) is 17.1 Å². The minimum absolute atomic E-state index is 0.0965. The van der Waals surface area contributed by atoms with Crippen LogP contribution in [-0.2, 0) is 20.7 Å². The maximum Gasteiger partial charge on any atom is 0.417 e. The van der Waals surface area contributed by atoms with E-state index in [4.69, 9.17) is 15.2 Å². The van der Waals surface area contributed by atoms with Gasteiger partial charge in [-0.15, -0.1) is 0 Å². The van der Waals surface area contributed by atoms with E-state index in [2.05, 4.69) is 4.98 Å². The summed E-state index contributed by atoms with van der Waals surface area (Å²) in [6, 6.07) is 4.05. The van der Waals surface area contributed by atoms with Crippen LogP contribution in [0.2, 0.25) is 0 Å². The number of nitrogens with two attached hydrogens (primary N) is 1. The number of H-pyrrole nitrogens is 1. The van der Waals surface area contributed by atoms with E-state index in [1.165, 1.54) is 0 Å². The van der Waals surface area contributed by atoms with E-state index < -0.39 is 29.6 Å². The smallest absolute Gasteiger partial charge is 0.417 e. The number of benzene rings is 1. The number of carboxylic acids is 1.